The van der Waals surface area contributed by atoms with Crippen LogP contribution in [0.4, 0.5) is 0 Å². The molecule has 0 aliphatic heterocycles. The van der Waals surface area contributed by atoms with Gasteiger partial charge in [-0.2, -0.15) is 0 Å². The van der Waals surface area contributed by atoms with Crippen molar-refractivity contribution in [1.29, 1.82) is 0 Å². The molecule has 1 rings (SSSR count). The summed E-state index contributed by atoms with van der Waals surface area (Å²) >= 11 is 4.76. The molecule has 0 aliphatic carbocycles. The molecule has 5 nitrogen and oxygen atoms in total. The van der Waals surface area contributed by atoms with E-state index in [9.17, 15) is 9.90 Å². The predicted molar refractivity (Wildman–Crippen MR) is 73.0 cm³/mol. The van der Waals surface area contributed by atoms with Crippen molar-refractivity contribution < 1.29 is 14.6 Å². The molecular formula is C12H16N2O3S. The van der Waals surface area contributed by atoms with Gasteiger partial charge in [0.25, 0.3) is 5.91 Å². The molecule has 98 valence electrons. The van der Waals surface area contributed by atoms with Crippen molar-refractivity contribution >= 4 is 23.1 Å². The van der Waals surface area contributed by atoms with Crippen LogP contribution in [0, 0.1) is 0 Å². The zero-order valence-electron chi connectivity index (χ0n) is 10.3. The maximum absolute atomic E-state index is 11.9. The molecule has 4 N–H and O–H groups in total. The van der Waals surface area contributed by atoms with Crippen LogP contribution in [-0.2, 0) is 0 Å². The van der Waals surface area contributed by atoms with Crippen LogP contribution in [0.1, 0.15) is 23.7 Å². The quantitative estimate of drug-likeness (QED) is 0.699. The smallest absolute Gasteiger partial charge is 0.255 e. The van der Waals surface area contributed by atoms with E-state index in [1.807, 2.05) is 0 Å². The van der Waals surface area contributed by atoms with Gasteiger partial charge in [0.05, 0.1) is 17.7 Å². The van der Waals surface area contributed by atoms with Crippen LogP contribution in [0.3, 0.4) is 0 Å². The molecule has 1 aromatic carbocycles. The first kappa shape index (κ1) is 14.2. The second-order valence-electron chi connectivity index (χ2n) is 3.93. The minimum absolute atomic E-state index is 0.130. The fourth-order valence-electron chi connectivity index (χ4n) is 1.48. The Labute approximate surface area is 111 Å². The van der Waals surface area contributed by atoms with E-state index in [1.165, 1.54) is 19.2 Å². The number of hydrogen-bond acceptors (Lipinski definition) is 4. The van der Waals surface area contributed by atoms with E-state index in [4.69, 9.17) is 22.7 Å². The molecule has 0 radical (unpaired) electrons. The summed E-state index contributed by atoms with van der Waals surface area (Å²) in [5, 5.41) is 12.4. The first-order chi connectivity index (χ1) is 8.43. The van der Waals surface area contributed by atoms with Gasteiger partial charge in [0.1, 0.15) is 11.5 Å². The van der Waals surface area contributed by atoms with E-state index in [0.29, 0.717) is 17.2 Å². The summed E-state index contributed by atoms with van der Waals surface area (Å²) in [5.74, 6) is -0.0199. The van der Waals surface area contributed by atoms with Crippen molar-refractivity contribution in [2.24, 2.45) is 5.73 Å². The number of thiocarbonyl (C=S) groups is 1. The first-order valence-corrected chi connectivity index (χ1v) is 5.81. The topological polar surface area (TPSA) is 84.6 Å². The number of carbonyl (C=O) groups is 1. The summed E-state index contributed by atoms with van der Waals surface area (Å²) in [7, 11) is 1.48. The molecule has 0 aromatic heterocycles. The van der Waals surface area contributed by atoms with Gasteiger partial charge in [-0.1, -0.05) is 12.2 Å². The Morgan fingerprint density at radius 2 is 2.28 bits per heavy atom. The first-order valence-electron chi connectivity index (χ1n) is 5.40. The average molecular weight is 268 g/mol. The van der Waals surface area contributed by atoms with Crippen LogP contribution in [-0.4, -0.2) is 29.2 Å². The van der Waals surface area contributed by atoms with E-state index in [1.54, 1.807) is 13.0 Å². The van der Waals surface area contributed by atoms with Crippen LogP contribution in [0.15, 0.2) is 18.2 Å². The van der Waals surface area contributed by atoms with E-state index in [2.05, 4.69) is 5.32 Å². The van der Waals surface area contributed by atoms with E-state index < -0.39 is 0 Å². The molecule has 0 heterocycles. The molecule has 0 saturated heterocycles. The van der Waals surface area contributed by atoms with Crippen LogP contribution in [0.25, 0.3) is 0 Å². The Kier molecular flexibility index (Phi) is 4.91. The molecule has 6 heteroatoms. The van der Waals surface area contributed by atoms with Gasteiger partial charge >= 0.3 is 0 Å². The summed E-state index contributed by atoms with van der Waals surface area (Å²) in [6.07, 6.45) is 0.415. The standard InChI is InChI=1S/C12H16N2O3S/c1-7(5-11(13)18)14-12(16)9-4-3-8(17-2)6-10(9)15/h3-4,6-7,15H,5H2,1-2H3,(H2,13,18)(H,14,16). The molecule has 0 spiro atoms. The zero-order chi connectivity index (χ0) is 13.7. The summed E-state index contributed by atoms with van der Waals surface area (Å²) in [4.78, 5) is 12.2. The minimum atomic E-state index is -0.376. The number of ether oxygens (including phenoxy) is 1. The van der Waals surface area contributed by atoms with Crippen molar-refractivity contribution in [3.63, 3.8) is 0 Å². The van der Waals surface area contributed by atoms with Gasteiger partial charge in [-0.05, 0) is 19.1 Å². The normalized spacial score (nSPS) is 11.7. The highest BCUT2D eigenvalue weighted by atomic mass is 32.1. The van der Waals surface area contributed by atoms with E-state index >= 15 is 0 Å². The molecule has 1 amide bonds. The van der Waals surface area contributed by atoms with Crippen molar-refractivity contribution in [3.05, 3.63) is 23.8 Å². The van der Waals surface area contributed by atoms with Gasteiger partial charge in [-0.25, -0.2) is 0 Å². The molecule has 1 aromatic rings. The third kappa shape index (κ3) is 3.89. The second-order valence-corrected chi connectivity index (χ2v) is 4.45. The third-order valence-electron chi connectivity index (χ3n) is 2.33. The molecule has 0 saturated carbocycles. The molecule has 1 unspecified atom stereocenters. The molecule has 18 heavy (non-hydrogen) atoms. The Bertz CT molecular complexity index is 463. The Morgan fingerprint density at radius 1 is 1.61 bits per heavy atom. The van der Waals surface area contributed by atoms with Gasteiger partial charge in [0, 0.05) is 18.5 Å². The van der Waals surface area contributed by atoms with Crippen LogP contribution in [0.2, 0.25) is 0 Å². The van der Waals surface area contributed by atoms with Crippen LogP contribution < -0.4 is 15.8 Å². The lowest BCUT2D eigenvalue weighted by atomic mass is 10.1. The number of hydrogen-bond donors (Lipinski definition) is 3. The number of nitrogens with two attached hydrogens (primary N) is 1. The van der Waals surface area contributed by atoms with Gasteiger partial charge in [0.2, 0.25) is 0 Å². The monoisotopic (exact) mass is 268 g/mol. The van der Waals surface area contributed by atoms with Crippen LogP contribution in [0.5, 0.6) is 11.5 Å². The van der Waals surface area contributed by atoms with Crippen molar-refractivity contribution in [1.82, 2.24) is 5.32 Å². The van der Waals surface area contributed by atoms with E-state index in [0.717, 1.165) is 0 Å². The highest BCUT2D eigenvalue weighted by molar-refractivity contribution is 7.80. The lowest BCUT2D eigenvalue weighted by molar-refractivity contribution is 0.0938. The number of aromatic hydroxyl groups is 1. The van der Waals surface area contributed by atoms with Crippen molar-refractivity contribution in [3.8, 4) is 11.5 Å². The Hall–Kier alpha value is -1.82. The molecule has 0 bridgehead atoms. The van der Waals surface area contributed by atoms with Gasteiger partial charge < -0.3 is 20.9 Å². The average Bonchev–Trinajstić information content (AvgIpc) is 2.27. The number of amides is 1. The zero-order valence-corrected chi connectivity index (χ0v) is 11.1. The number of methoxy groups -OCH3 is 1. The lowest BCUT2D eigenvalue weighted by Gasteiger charge is -2.13. The number of phenolic OH excluding ortho intramolecular Hbond substituents is 1. The second kappa shape index (κ2) is 6.20. The fraction of sp³-hybridized carbons (Fsp3) is 0.333. The maximum Gasteiger partial charge on any atom is 0.255 e. The molecule has 1 atom stereocenters. The minimum Gasteiger partial charge on any atom is -0.507 e. The van der Waals surface area contributed by atoms with Gasteiger partial charge in [-0.15, -0.1) is 0 Å². The highest BCUT2D eigenvalue weighted by Gasteiger charge is 2.14. The van der Waals surface area contributed by atoms with Crippen molar-refractivity contribution in [2.75, 3.05) is 7.11 Å². The van der Waals surface area contributed by atoms with Crippen LogP contribution >= 0.6 is 12.2 Å². The molecule has 0 fully saturated rings. The van der Waals surface area contributed by atoms with Gasteiger partial charge in [-0.3, -0.25) is 4.79 Å². The highest BCUT2D eigenvalue weighted by Crippen LogP contribution is 2.23. The fourth-order valence-corrected chi connectivity index (χ4v) is 1.73. The summed E-state index contributed by atoms with van der Waals surface area (Å²) in [6, 6.07) is 4.30. The van der Waals surface area contributed by atoms with Crippen molar-refractivity contribution in [2.45, 2.75) is 19.4 Å². The molecular weight excluding hydrogens is 252 g/mol. The van der Waals surface area contributed by atoms with E-state index in [-0.39, 0.29) is 23.3 Å². The largest absolute Gasteiger partial charge is 0.507 e. The number of rotatable bonds is 5. The summed E-state index contributed by atoms with van der Waals surface area (Å²) < 4.78 is 4.94. The summed E-state index contributed by atoms with van der Waals surface area (Å²) in [5.41, 5.74) is 5.58. The Morgan fingerprint density at radius 3 is 2.78 bits per heavy atom. The maximum atomic E-state index is 11.9. The Balaban J connectivity index is 2.75. The predicted octanol–water partition coefficient (Wildman–Crippen LogP) is 1.20. The van der Waals surface area contributed by atoms with Gasteiger partial charge in [0.15, 0.2) is 0 Å². The summed E-state index contributed by atoms with van der Waals surface area (Å²) in [6.45, 7) is 1.79. The number of carbonyl (C=O) groups excluding carboxylic acids is 1. The number of benzene rings is 1. The lowest BCUT2D eigenvalue weighted by Crippen LogP contribution is -2.35. The third-order valence-corrected chi connectivity index (χ3v) is 2.50. The SMILES string of the molecule is COc1ccc(C(=O)NC(C)CC(N)=S)c(O)c1. The number of nitrogens with one attached hydrogen (secondary N) is 1. The number of phenols is 1. The molecule has 0 aliphatic rings.